The summed E-state index contributed by atoms with van der Waals surface area (Å²) in [6.07, 6.45) is 4.79. The predicted molar refractivity (Wildman–Crippen MR) is 81.3 cm³/mol. The number of aliphatic hydroxyl groups is 1. The lowest BCUT2D eigenvalue weighted by Gasteiger charge is -2.07. The van der Waals surface area contributed by atoms with Crippen LogP contribution in [-0.2, 0) is 6.42 Å². The molecule has 1 unspecified atom stereocenters. The van der Waals surface area contributed by atoms with Crippen molar-refractivity contribution < 1.29 is 9.90 Å². The van der Waals surface area contributed by atoms with Crippen LogP contribution in [0.5, 0.6) is 0 Å². The van der Waals surface area contributed by atoms with Gasteiger partial charge < -0.3 is 20.1 Å². The Morgan fingerprint density at radius 3 is 2.90 bits per heavy atom. The second-order valence-electron chi connectivity index (χ2n) is 5.22. The average molecular weight is 290 g/mol. The van der Waals surface area contributed by atoms with Gasteiger partial charge >= 0.3 is 6.03 Å². The molecule has 0 spiro atoms. The Labute approximate surface area is 124 Å². The fourth-order valence-corrected chi connectivity index (χ4v) is 2.09. The zero-order valence-corrected chi connectivity index (χ0v) is 12.5. The van der Waals surface area contributed by atoms with E-state index >= 15 is 0 Å². The minimum Gasteiger partial charge on any atom is -0.393 e. The predicted octanol–water partition coefficient (Wildman–Crippen LogP) is 1.26. The second kappa shape index (κ2) is 7.08. The van der Waals surface area contributed by atoms with Crippen molar-refractivity contribution in [1.29, 1.82) is 0 Å². The molecule has 0 saturated heterocycles. The normalized spacial score (nSPS) is 12.3. The lowest BCUT2D eigenvalue weighted by atomic mass is 10.3. The molecule has 0 aliphatic rings. The number of imidazole rings is 1. The van der Waals surface area contributed by atoms with Crippen LogP contribution in [0.3, 0.4) is 0 Å². The second-order valence-corrected chi connectivity index (χ2v) is 5.22. The monoisotopic (exact) mass is 290 g/mol. The maximum Gasteiger partial charge on any atom is 0.314 e. The molecule has 21 heavy (non-hydrogen) atoms. The highest BCUT2D eigenvalue weighted by molar-refractivity contribution is 5.73. The highest BCUT2D eigenvalue weighted by atomic mass is 16.3. The van der Waals surface area contributed by atoms with Gasteiger partial charge in [0.15, 0.2) is 0 Å². The SMILES string of the molecule is Cc1cccn2cc(CCNC(=O)NCCC(C)O)nc12. The van der Waals surface area contributed by atoms with E-state index < -0.39 is 6.10 Å². The summed E-state index contributed by atoms with van der Waals surface area (Å²) in [6, 6.07) is 3.80. The van der Waals surface area contributed by atoms with E-state index in [0.717, 1.165) is 16.9 Å². The van der Waals surface area contributed by atoms with E-state index in [0.29, 0.717) is 25.9 Å². The van der Waals surface area contributed by atoms with E-state index in [4.69, 9.17) is 5.11 Å². The molecular formula is C15H22N4O2. The number of carbonyl (C=O) groups excluding carboxylic acids is 1. The first-order chi connectivity index (χ1) is 10.1. The van der Waals surface area contributed by atoms with Crippen LogP contribution >= 0.6 is 0 Å². The van der Waals surface area contributed by atoms with Gasteiger partial charge in [0.25, 0.3) is 0 Å². The van der Waals surface area contributed by atoms with E-state index in [1.165, 1.54) is 0 Å². The van der Waals surface area contributed by atoms with Gasteiger partial charge in [0.05, 0.1) is 11.8 Å². The van der Waals surface area contributed by atoms with Gasteiger partial charge in [-0.2, -0.15) is 0 Å². The smallest absolute Gasteiger partial charge is 0.314 e. The van der Waals surface area contributed by atoms with Crippen LogP contribution in [0.2, 0.25) is 0 Å². The fraction of sp³-hybridized carbons (Fsp3) is 0.467. The molecule has 0 aromatic carbocycles. The Morgan fingerprint density at radius 1 is 1.43 bits per heavy atom. The molecule has 0 saturated carbocycles. The first-order valence-electron chi connectivity index (χ1n) is 7.19. The molecule has 2 rings (SSSR count). The van der Waals surface area contributed by atoms with Gasteiger partial charge in [-0.1, -0.05) is 6.07 Å². The number of nitrogens with zero attached hydrogens (tertiary/aromatic N) is 2. The number of aliphatic hydroxyl groups excluding tert-OH is 1. The number of aryl methyl sites for hydroxylation is 1. The van der Waals surface area contributed by atoms with Gasteiger partial charge in [-0.3, -0.25) is 0 Å². The summed E-state index contributed by atoms with van der Waals surface area (Å²) in [5.41, 5.74) is 3.04. The molecule has 114 valence electrons. The number of nitrogens with one attached hydrogen (secondary N) is 2. The third kappa shape index (κ3) is 4.46. The summed E-state index contributed by atoms with van der Waals surface area (Å²) in [6.45, 7) is 4.73. The Kier molecular flexibility index (Phi) is 5.16. The van der Waals surface area contributed by atoms with Crippen molar-refractivity contribution in [2.45, 2.75) is 32.8 Å². The van der Waals surface area contributed by atoms with Gasteiger partial charge in [0, 0.05) is 31.9 Å². The van der Waals surface area contributed by atoms with Crippen molar-refractivity contribution in [1.82, 2.24) is 20.0 Å². The van der Waals surface area contributed by atoms with E-state index in [1.54, 1.807) is 6.92 Å². The third-order valence-electron chi connectivity index (χ3n) is 3.24. The highest BCUT2D eigenvalue weighted by Gasteiger charge is 2.05. The zero-order valence-electron chi connectivity index (χ0n) is 12.5. The van der Waals surface area contributed by atoms with Crippen LogP contribution < -0.4 is 10.6 Å². The maximum atomic E-state index is 11.5. The Hall–Kier alpha value is -2.08. The molecule has 0 aliphatic heterocycles. The summed E-state index contributed by atoms with van der Waals surface area (Å²) < 4.78 is 1.99. The van der Waals surface area contributed by atoms with E-state index in [-0.39, 0.29) is 6.03 Å². The number of carbonyl (C=O) groups is 1. The standard InChI is InChI=1S/C15H22N4O2/c1-11-4-3-9-19-10-13(18-14(11)19)6-8-17-15(21)16-7-5-12(2)20/h3-4,9-10,12,20H,5-8H2,1-2H3,(H2,16,17,21). The topological polar surface area (TPSA) is 78.7 Å². The number of amides is 2. The molecular weight excluding hydrogens is 268 g/mol. The fourth-order valence-electron chi connectivity index (χ4n) is 2.09. The zero-order chi connectivity index (χ0) is 15.2. The molecule has 0 fully saturated rings. The van der Waals surface area contributed by atoms with Crippen LogP contribution in [-0.4, -0.2) is 39.7 Å². The van der Waals surface area contributed by atoms with Crippen LogP contribution in [0.4, 0.5) is 4.79 Å². The summed E-state index contributed by atoms with van der Waals surface area (Å²) in [5.74, 6) is 0. The van der Waals surface area contributed by atoms with Gasteiger partial charge in [0.2, 0.25) is 0 Å². The van der Waals surface area contributed by atoms with Crippen LogP contribution in [0, 0.1) is 6.92 Å². The van der Waals surface area contributed by atoms with Crippen LogP contribution in [0.1, 0.15) is 24.6 Å². The van der Waals surface area contributed by atoms with E-state index in [9.17, 15) is 4.79 Å². The number of urea groups is 1. The number of pyridine rings is 1. The van der Waals surface area contributed by atoms with Crippen molar-refractivity contribution in [3.8, 4) is 0 Å². The summed E-state index contributed by atoms with van der Waals surface area (Å²) in [5, 5.41) is 14.6. The number of fused-ring (bicyclic) bond motifs is 1. The van der Waals surface area contributed by atoms with Crippen molar-refractivity contribution in [3.63, 3.8) is 0 Å². The average Bonchev–Trinajstić information content (AvgIpc) is 2.82. The number of hydrogen-bond donors (Lipinski definition) is 3. The molecule has 2 aromatic heterocycles. The molecule has 2 aromatic rings. The Balaban J connectivity index is 1.77. The minimum atomic E-state index is -0.397. The van der Waals surface area contributed by atoms with Gasteiger partial charge in [-0.15, -0.1) is 0 Å². The number of aromatic nitrogens is 2. The van der Waals surface area contributed by atoms with E-state index in [2.05, 4.69) is 15.6 Å². The van der Waals surface area contributed by atoms with E-state index in [1.807, 2.05) is 35.9 Å². The quantitative estimate of drug-likeness (QED) is 0.749. The summed E-state index contributed by atoms with van der Waals surface area (Å²) >= 11 is 0. The number of hydrogen-bond acceptors (Lipinski definition) is 3. The maximum absolute atomic E-state index is 11.5. The highest BCUT2D eigenvalue weighted by Crippen LogP contribution is 2.09. The van der Waals surface area contributed by atoms with Crippen molar-refractivity contribution >= 4 is 11.7 Å². The Bertz CT molecular complexity index is 607. The molecule has 1 atom stereocenters. The molecule has 2 heterocycles. The van der Waals surface area contributed by atoms with Crippen LogP contribution in [0.15, 0.2) is 24.5 Å². The lowest BCUT2D eigenvalue weighted by Crippen LogP contribution is -2.37. The minimum absolute atomic E-state index is 0.212. The molecule has 6 heteroatoms. The Morgan fingerprint density at radius 2 is 2.19 bits per heavy atom. The molecule has 2 amide bonds. The first-order valence-corrected chi connectivity index (χ1v) is 7.19. The molecule has 0 radical (unpaired) electrons. The van der Waals surface area contributed by atoms with Crippen molar-refractivity contribution in [3.05, 3.63) is 35.8 Å². The van der Waals surface area contributed by atoms with Crippen molar-refractivity contribution in [2.75, 3.05) is 13.1 Å². The number of rotatable bonds is 6. The molecule has 0 aliphatic carbocycles. The third-order valence-corrected chi connectivity index (χ3v) is 3.24. The molecule has 6 nitrogen and oxygen atoms in total. The van der Waals surface area contributed by atoms with Gasteiger partial charge in [-0.25, -0.2) is 9.78 Å². The molecule has 3 N–H and O–H groups in total. The van der Waals surface area contributed by atoms with Gasteiger partial charge in [-0.05, 0) is 31.9 Å². The van der Waals surface area contributed by atoms with Crippen LogP contribution in [0.25, 0.3) is 5.65 Å². The summed E-state index contributed by atoms with van der Waals surface area (Å²) in [4.78, 5) is 16.1. The molecule has 0 bridgehead atoms. The lowest BCUT2D eigenvalue weighted by molar-refractivity contribution is 0.183. The van der Waals surface area contributed by atoms with Gasteiger partial charge in [0.1, 0.15) is 5.65 Å². The van der Waals surface area contributed by atoms with Crippen molar-refractivity contribution in [2.24, 2.45) is 0 Å². The summed E-state index contributed by atoms with van der Waals surface area (Å²) in [7, 11) is 0. The largest absolute Gasteiger partial charge is 0.393 e. The first kappa shape index (κ1) is 15.3.